The minimum absolute atomic E-state index is 0.585. The van der Waals surface area contributed by atoms with E-state index in [2.05, 4.69) is 118 Å². The van der Waals surface area contributed by atoms with Crippen LogP contribution >= 0.6 is 0 Å². The smallest absolute Gasteiger partial charge is 0.160 e. The Hall–Kier alpha value is -2.26. The molecule has 180 valence electrons. The molecule has 1 heterocycles. The molecule has 34 heavy (non-hydrogen) atoms. The Kier molecular flexibility index (Phi) is 6.04. The predicted molar refractivity (Wildman–Crippen MR) is 151 cm³/mol. The van der Waals surface area contributed by atoms with Crippen LogP contribution < -0.4 is 9.88 Å². The van der Waals surface area contributed by atoms with Crippen LogP contribution in [0.2, 0.25) is 18.6 Å². The summed E-state index contributed by atoms with van der Waals surface area (Å²) in [5, 5.41) is 3.72. The summed E-state index contributed by atoms with van der Waals surface area (Å²) in [6.07, 6.45) is 7.93. The number of allylic oxidation sites excluding steroid dienone is 4. The third-order valence-corrected chi connectivity index (χ3v) is 13.0. The van der Waals surface area contributed by atoms with Crippen LogP contribution in [-0.4, -0.2) is 8.24 Å². The molecule has 0 radical (unpaired) electrons. The molecule has 5 rings (SSSR count). The van der Waals surface area contributed by atoms with Crippen molar-refractivity contribution in [2.45, 2.75) is 66.1 Å². The molecule has 2 aromatic carbocycles. The molecule has 0 amide bonds. The number of nitrogens with zero attached hydrogens (tertiary/aromatic N) is 1. The lowest BCUT2D eigenvalue weighted by Crippen LogP contribution is -2.53. The van der Waals surface area contributed by atoms with Crippen molar-refractivity contribution in [1.82, 2.24) is 0 Å². The molecular formula is C31H42N2Si. The van der Waals surface area contributed by atoms with E-state index in [0.717, 1.165) is 11.5 Å². The summed E-state index contributed by atoms with van der Waals surface area (Å²) < 4.78 is 2.81. The lowest BCUT2D eigenvalue weighted by atomic mass is 9.76. The highest BCUT2D eigenvalue weighted by atomic mass is 28.3. The van der Waals surface area contributed by atoms with Crippen LogP contribution in [0, 0.1) is 29.6 Å². The number of para-hydroxylation sites is 4. The van der Waals surface area contributed by atoms with Crippen molar-refractivity contribution >= 4 is 31.0 Å². The van der Waals surface area contributed by atoms with Gasteiger partial charge in [-0.05, 0) is 71.4 Å². The maximum absolute atomic E-state index is 3.72. The molecule has 3 aliphatic rings. The molecule has 2 aromatic rings. The lowest BCUT2D eigenvalue weighted by molar-refractivity contribution is 0.460. The zero-order chi connectivity index (χ0) is 24.2. The van der Waals surface area contributed by atoms with E-state index in [0.29, 0.717) is 23.7 Å². The topological polar surface area (TPSA) is 15.3 Å². The lowest BCUT2D eigenvalue weighted by Gasteiger charge is -2.49. The largest absolute Gasteiger partial charge is 0.366 e. The molecule has 1 fully saturated rings. The monoisotopic (exact) mass is 470 g/mol. The summed E-state index contributed by atoms with van der Waals surface area (Å²) in [6.45, 7) is 17.3. The average Bonchev–Trinajstić information content (AvgIpc) is 3.21. The molecular weight excluding hydrogens is 428 g/mol. The first kappa shape index (κ1) is 23.5. The van der Waals surface area contributed by atoms with Gasteiger partial charge in [0.05, 0.1) is 22.7 Å². The van der Waals surface area contributed by atoms with Crippen LogP contribution in [0.4, 0.5) is 22.7 Å². The molecule has 0 bridgehead atoms. The molecule has 2 nitrogen and oxygen atoms in total. The normalized spacial score (nSPS) is 26.0. The van der Waals surface area contributed by atoms with Crippen molar-refractivity contribution in [2.75, 3.05) is 9.88 Å². The zero-order valence-corrected chi connectivity index (χ0v) is 23.1. The van der Waals surface area contributed by atoms with Gasteiger partial charge in [-0.25, -0.2) is 0 Å². The number of benzene rings is 2. The van der Waals surface area contributed by atoms with E-state index in [4.69, 9.17) is 0 Å². The number of rotatable bonds is 5. The van der Waals surface area contributed by atoms with E-state index in [9.17, 15) is 0 Å². The number of nitrogens with one attached hydrogen (secondary N) is 1. The fraction of sp³-hybridized carbons (Fsp3) is 0.484. The third kappa shape index (κ3) is 3.68. The van der Waals surface area contributed by atoms with Gasteiger partial charge in [0, 0.05) is 0 Å². The number of anilines is 4. The summed E-state index contributed by atoms with van der Waals surface area (Å²) in [5.74, 6) is 3.34. The SMILES string of the molecule is CCC1CC2C(C(C)C)=CC(C(C)C)=CC2C1[Si](C)(C)N1c2ccccc2Nc2ccccc21. The van der Waals surface area contributed by atoms with Crippen LogP contribution in [0.1, 0.15) is 47.5 Å². The quantitative estimate of drug-likeness (QED) is 0.438. The van der Waals surface area contributed by atoms with Crippen LogP contribution in [-0.2, 0) is 0 Å². The first-order valence-electron chi connectivity index (χ1n) is 13.4. The highest BCUT2D eigenvalue weighted by Gasteiger charge is 2.54. The van der Waals surface area contributed by atoms with Crippen LogP contribution in [0.5, 0.6) is 0 Å². The zero-order valence-electron chi connectivity index (χ0n) is 22.1. The summed E-state index contributed by atoms with van der Waals surface area (Å²) in [6, 6.07) is 17.9. The highest BCUT2D eigenvalue weighted by Crippen LogP contribution is 2.60. The van der Waals surface area contributed by atoms with Gasteiger partial charge in [0.25, 0.3) is 0 Å². The van der Waals surface area contributed by atoms with Gasteiger partial charge in [0.2, 0.25) is 0 Å². The van der Waals surface area contributed by atoms with Gasteiger partial charge in [-0.15, -0.1) is 0 Å². The van der Waals surface area contributed by atoms with Gasteiger partial charge in [-0.2, -0.15) is 0 Å². The molecule has 1 N–H and O–H groups in total. The van der Waals surface area contributed by atoms with E-state index in [1.165, 1.54) is 35.6 Å². The van der Waals surface area contributed by atoms with Crippen molar-refractivity contribution in [1.29, 1.82) is 0 Å². The second-order valence-corrected chi connectivity index (χ2v) is 16.3. The minimum atomic E-state index is -1.97. The fourth-order valence-electron chi connectivity index (χ4n) is 7.36. The summed E-state index contributed by atoms with van der Waals surface area (Å²) >= 11 is 0. The van der Waals surface area contributed by atoms with Crippen molar-refractivity contribution < 1.29 is 0 Å². The Balaban J connectivity index is 1.65. The standard InChI is InChI=1S/C31H42N2Si/c1-8-22-17-25-24(21(4)5)18-23(20(2)3)19-26(25)31(22)34(6,7)33-29-15-11-9-13-27(29)32-28-14-10-12-16-30(28)33/h9-16,18-22,25-26,31-32H,8,17H2,1-7H3. The van der Waals surface area contributed by atoms with Crippen molar-refractivity contribution in [2.24, 2.45) is 29.6 Å². The first-order valence-corrected chi connectivity index (χ1v) is 16.4. The molecule has 0 aromatic heterocycles. The van der Waals surface area contributed by atoms with Gasteiger partial charge < -0.3 is 9.88 Å². The van der Waals surface area contributed by atoms with Gasteiger partial charge >= 0.3 is 0 Å². The molecule has 2 aliphatic carbocycles. The van der Waals surface area contributed by atoms with Crippen molar-refractivity contribution in [3.8, 4) is 0 Å². The Morgan fingerprint density at radius 2 is 1.50 bits per heavy atom. The molecule has 1 aliphatic heterocycles. The van der Waals surface area contributed by atoms with Gasteiger partial charge in [0.1, 0.15) is 0 Å². The molecule has 1 saturated carbocycles. The van der Waals surface area contributed by atoms with Crippen LogP contribution in [0.15, 0.2) is 71.8 Å². The fourth-order valence-corrected chi connectivity index (χ4v) is 12.1. The molecule has 4 unspecified atom stereocenters. The second kappa shape index (κ2) is 8.75. The second-order valence-electron chi connectivity index (χ2n) is 11.9. The summed E-state index contributed by atoms with van der Waals surface area (Å²) in [5.41, 5.74) is 9.21. The van der Waals surface area contributed by atoms with E-state index in [1.807, 2.05) is 0 Å². The Morgan fingerprint density at radius 1 is 0.912 bits per heavy atom. The molecule has 4 atom stereocenters. The molecule has 0 spiro atoms. The van der Waals surface area contributed by atoms with E-state index >= 15 is 0 Å². The summed E-state index contributed by atoms with van der Waals surface area (Å²) in [4.78, 5) is 0. The maximum Gasteiger partial charge on any atom is 0.160 e. The Morgan fingerprint density at radius 3 is 2.03 bits per heavy atom. The predicted octanol–water partition coefficient (Wildman–Crippen LogP) is 9.30. The van der Waals surface area contributed by atoms with Crippen molar-refractivity contribution in [3.05, 3.63) is 71.8 Å². The minimum Gasteiger partial charge on any atom is -0.366 e. The number of hydrogen-bond donors (Lipinski definition) is 1. The van der Waals surface area contributed by atoms with E-state index in [1.54, 1.807) is 11.1 Å². The Labute approximate surface area is 208 Å². The van der Waals surface area contributed by atoms with Gasteiger partial charge in [-0.3, -0.25) is 0 Å². The number of hydrogen-bond acceptors (Lipinski definition) is 2. The van der Waals surface area contributed by atoms with Crippen molar-refractivity contribution in [3.63, 3.8) is 0 Å². The van der Waals surface area contributed by atoms with Gasteiger partial charge in [0.15, 0.2) is 8.24 Å². The highest BCUT2D eigenvalue weighted by molar-refractivity contribution is 6.84. The molecule has 3 heteroatoms. The van der Waals surface area contributed by atoms with Gasteiger partial charge in [-0.1, -0.05) is 96.1 Å². The Bertz CT molecular complexity index is 1080. The molecule has 0 saturated heterocycles. The van der Waals surface area contributed by atoms with E-state index in [-0.39, 0.29) is 0 Å². The average molecular weight is 471 g/mol. The number of fused-ring (bicyclic) bond motifs is 3. The van der Waals surface area contributed by atoms with Crippen LogP contribution in [0.25, 0.3) is 0 Å². The van der Waals surface area contributed by atoms with Crippen LogP contribution in [0.3, 0.4) is 0 Å². The summed E-state index contributed by atoms with van der Waals surface area (Å²) in [7, 11) is -1.97. The maximum atomic E-state index is 3.72. The first-order chi connectivity index (χ1) is 16.2. The van der Waals surface area contributed by atoms with E-state index < -0.39 is 8.24 Å². The third-order valence-electron chi connectivity index (χ3n) is 8.90.